The number of H-pyrrole nitrogens is 1. The molecule has 0 spiro atoms. The fraction of sp³-hybridized carbons (Fsp3) is 0.500. The first-order valence-electron chi connectivity index (χ1n) is 7.79. The predicted octanol–water partition coefficient (Wildman–Crippen LogP) is 2.03. The van der Waals surface area contributed by atoms with Crippen molar-refractivity contribution in [1.29, 1.82) is 0 Å². The molecule has 2 heterocycles. The van der Waals surface area contributed by atoms with E-state index in [1.165, 1.54) is 0 Å². The third-order valence-electron chi connectivity index (χ3n) is 3.86. The molecule has 7 heteroatoms. The highest BCUT2D eigenvalue weighted by Gasteiger charge is 2.19. The molecule has 0 aliphatic carbocycles. The van der Waals surface area contributed by atoms with Gasteiger partial charge in [0.05, 0.1) is 18.2 Å². The van der Waals surface area contributed by atoms with Crippen LogP contribution in [0.3, 0.4) is 0 Å². The largest absolute Gasteiger partial charge is 0.417 e. The predicted molar refractivity (Wildman–Crippen MR) is 84.5 cm³/mol. The van der Waals surface area contributed by atoms with Gasteiger partial charge in [-0.05, 0) is 44.4 Å². The minimum atomic E-state index is -0.584. The number of benzene rings is 1. The summed E-state index contributed by atoms with van der Waals surface area (Å²) < 4.78 is 16.1. The number of anilines is 1. The van der Waals surface area contributed by atoms with Crippen molar-refractivity contribution in [1.82, 2.24) is 4.98 Å². The van der Waals surface area contributed by atoms with E-state index in [-0.39, 0.29) is 12.0 Å². The smallest absolute Gasteiger partial charge is 0.408 e. The van der Waals surface area contributed by atoms with E-state index >= 15 is 0 Å². The summed E-state index contributed by atoms with van der Waals surface area (Å²) in [5, 5.41) is 2.76. The van der Waals surface area contributed by atoms with Gasteiger partial charge in [-0.25, -0.2) is 4.79 Å². The molecule has 1 aromatic carbocycles. The minimum absolute atomic E-state index is 0.0753. The number of aromatic amines is 1. The van der Waals surface area contributed by atoms with Crippen molar-refractivity contribution in [2.75, 3.05) is 18.5 Å². The number of amides is 1. The molecule has 3 rings (SSSR count). The van der Waals surface area contributed by atoms with E-state index < -0.39 is 11.9 Å². The van der Waals surface area contributed by atoms with Gasteiger partial charge >= 0.3 is 5.76 Å². The number of rotatable bonds is 5. The Balaban J connectivity index is 1.54. The van der Waals surface area contributed by atoms with Crippen LogP contribution in [0.5, 0.6) is 0 Å². The first-order chi connectivity index (χ1) is 11.1. The Morgan fingerprint density at radius 1 is 1.48 bits per heavy atom. The van der Waals surface area contributed by atoms with Gasteiger partial charge in [-0.15, -0.1) is 0 Å². The number of carbonyl (C=O) groups excluding carboxylic acids is 1. The van der Waals surface area contributed by atoms with Crippen LogP contribution in [0.1, 0.15) is 26.2 Å². The lowest BCUT2D eigenvalue weighted by Crippen LogP contribution is -2.32. The molecule has 1 saturated heterocycles. The Labute approximate surface area is 133 Å². The van der Waals surface area contributed by atoms with Crippen molar-refractivity contribution >= 4 is 22.7 Å². The van der Waals surface area contributed by atoms with Crippen LogP contribution in [0.4, 0.5) is 5.69 Å². The fourth-order valence-electron chi connectivity index (χ4n) is 2.54. The summed E-state index contributed by atoms with van der Waals surface area (Å²) in [6, 6.07) is 4.95. The normalized spacial score (nSPS) is 19.6. The monoisotopic (exact) mass is 320 g/mol. The van der Waals surface area contributed by atoms with Crippen molar-refractivity contribution in [2.24, 2.45) is 0 Å². The number of nitrogens with one attached hydrogen (secondary N) is 2. The van der Waals surface area contributed by atoms with Gasteiger partial charge in [-0.2, -0.15) is 0 Å². The molecule has 2 aromatic rings. The summed E-state index contributed by atoms with van der Waals surface area (Å²) in [4.78, 5) is 25.8. The van der Waals surface area contributed by atoms with E-state index in [4.69, 9.17) is 13.9 Å². The average molecular weight is 320 g/mol. The van der Waals surface area contributed by atoms with Crippen molar-refractivity contribution in [3.05, 3.63) is 28.7 Å². The lowest BCUT2D eigenvalue weighted by molar-refractivity contribution is -0.130. The molecule has 7 nitrogen and oxygen atoms in total. The summed E-state index contributed by atoms with van der Waals surface area (Å²) in [7, 11) is 0. The van der Waals surface area contributed by atoms with E-state index in [9.17, 15) is 9.59 Å². The number of fused-ring (bicyclic) bond motifs is 1. The second kappa shape index (κ2) is 6.97. The number of hydrogen-bond donors (Lipinski definition) is 2. The van der Waals surface area contributed by atoms with Crippen LogP contribution in [0.2, 0.25) is 0 Å². The second-order valence-electron chi connectivity index (χ2n) is 5.68. The minimum Gasteiger partial charge on any atom is -0.408 e. The fourth-order valence-corrected chi connectivity index (χ4v) is 2.54. The van der Waals surface area contributed by atoms with E-state index in [0.717, 1.165) is 25.9 Å². The summed E-state index contributed by atoms with van der Waals surface area (Å²) in [6.07, 6.45) is 2.69. The standard InChI is InChI=1S/C16H20N2O5/c1-10(22-9-12-4-2-3-7-21-12)15(19)17-11-5-6-14-13(8-11)18-16(20)23-14/h5-6,8,10,12H,2-4,7,9H2,1H3,(H,17,19)(H,18,20)/t10-,12+/m0/s1. The molecule has 1 amide bonds. The van der Waals surface area contributed by atoms with Crippen LogP contribution in [-0.2, 0) is 14.3 Å². The molecule has 1 aromatic heterocycles. The lowest BCUT2D eigenvalue weighted by atomic mass is 10.1. The van der Waals surface area contributed by atoms with Crippen molar-refractivity contribution in [2.45, 2.75) is 38.4 Å². The number of carbonyl (C=O) groups is 1. The van der Waals surface area contributed by atoms with Gasteiger partial charge < -0.3 is 19.2 Å². The third kappa shape index (κ3) is 4.00. The van der Waals surface area contributed by atoms with Crippen LogP contribution in [-0.4, -0.2) is 36.3 Å². The Hall–Kier alpha value is -2.12. The molecule has 0 radical (unpaired) electrons. The molecule has 2 N–H and O–H groups in total. The van der Waals surface area contributed by atoms with E-state index in [1.807, 2.05) is 0 Å². The first-order valence-corrected chi connectivity index (χ1v) is 7.79. The zero-order chi connectivity index (χ0) is 16.2. The summed E-state index contributed by atoms with van der Waals surface area (Å²) in [5.41, 5.74) is 1.56. The highest BCUT2D eigenvalue weighted by molar-refractivity contribution is 5.95. The molecule has 124 valence electrons. The highest BCUT2D eigenvalue weighted by atomic mass is 16.5. The quantitative estimate of drug-likeness (QED) is 0.879. The molecule has 1 fully saturated rings. The van der Waals surface area contributed by atoms with Gasteiger partial charge in [0.25, 0.3) is 5.91 Å². The average Bonchev–Trinajstić information content (AvgIpc) is 2.92. The number of aromatic nitrogens is 1. The zero-order valence-corrected chi connectivity index (χ0v) is 13.0. The van der Waals surface area contributed by atoms with Gasteiger partial charge in [-0.1, -0.05) is 0 Å². The second-order valence-corrected chi connectivity index (χ2v) is 5.68. The molecule has 23 heavy (non-hydrogen) atoms. The summed E-state index contributed by atoms with van der Waals surface area (Å²) in [6.45, 7) is 2.89. The highest BCUT2D eigenvalue weighted by Crippen LogP contribution is 2.17. The molecule has 0 saturated carbocycles. The molecular weight excluding hydrogens is 300 g/mol. The van der Waals surface area contributed by atoms with E-state index in [2.05, 4.69) is 10.3 Å². The molecule has 0 unspecified atom stereocenters. The number of hydrogen-bond acceptors (Lipinski definition) is 5. The molecule has 1 aliphatic rings. The Morgan fingerprint density at radius 3 is 3.13 bits per heavy atom. The SMILES string of the molecule is C[C@H](OC[C@H]1CCCCO1)C(=O)Nc1ccc2oc(=O)[nH]c2c1. The van der Waals surface area contributed by atoms with Crippen molar-refractivity contribution < 1.29 is 18.7 Å². The van der Waals surface area contributed by atoms with Crippen molar-refractivity contribution in [3.8, 4) is 0 Å². The van der Waals surface area contributed by atoms with E-state index in [0.29, 0.717) is 23.4 Å². The topological polar surface area (TPSA) is 93.6 Å². The third-order valence-corrected chi connectivity index (χ3v) is 3.86. The lowest BCUT2D eigenvalue weighted by Gasteiger charge is -2.23. The molecule has 2 atom stereocenters. The van der Waals surface area contributed by atoms with Gasteiger partial charge in [0.15, 0.2) is 5.58 Å². The number of ether oxygens (including phenoxy) is 2. The van der Waals surface area contributed by atoms with Gasteiger partial charge in [0, 0.05) is 12.3 Å². The van der Waals surface area contributed by atoms with Crippen LogP contribution in [0, 0.1) is 0 Å². The Kier molecular flexibility index (Phi) is 4.78. The van der Waals surface area contributed by atoms with Crippen LogP contribution in [0.15, 0.2) is 27.4 Å². The Bertz CT molecular complexity index is 729. The maximum atomic E-state index is 12.2. The van der Waals surface area contributed by atoms with Crippen LogP contribution in [0.25, 0.3) is 11.1 Å². The van der Waals surface area contributed by atoms with E-state index in [1.54, 1.807) is 25.1 Å². The van der Waals surface area contributed by atoms with Crippen LogP contribution < -0.4 is 11.1 Å². The molecular formula is C16H20N2O5. The van der Waals surface area contributed by atoms with Gasteiger partial charge in [0.2, 0.25) is 0 Å². The first kappa shape index (κ1) is 15.8. The Morgan fingerprint density at radius 2 is 2.35 bits per heavy atom. The molecule has 0 bridgehead atoms. The summed E-state index contributed by atoms with van der Waals surface area (Å²) in [5.74, 6) is -0.765. The molecule has 1 aliphatic heterocycles. The van der Waals surface area contributed by atoms with Gasteiger partial charge in [-0.3, -0.25) is 9.78 Å². The van der Waals surface area contributed by atoms with Crippen molar-refractivity contribution in [3.63, 3.8) is 0 Å². The zero-order valence-electron chi connectivity index (χ0n) is 13.0. The van der Waals surface area contributed by atoms with Gasteiger partial charge in [0.1, 0.15) is 6.10 Å². The maximum absolute atomic E-state index is 12.2. The van der Waals surface area contributed by atoms with Crippen LogP contribution >= 0.6 is 0 Å². The maximum Gasteiger partial charge on any atom is 0.417 e. The number of oxazole rings is 1. The summed E-state index contributed by atoms with van der Waals surface area (Å²) >= 11 is 0.